The van der Waals surface area contributed by atoms with Crippen molar-refractivity contribution in [2.24, 2.45) is 0 Å². The molecule has 0 aliphatic rings. The average molecular weight is 180 g/mol. The molecule has 0 aromatic rings. The summed E-state index contributed by atoms with van der Waals surface area (Å²) in [5.74, 6) is 0. The quantitative estimate of drug-likeness (QED) is 0.437. The monoisotopic (exact) mass is 180 g/mol. The predicted octanol–water partition coefficient (Wildman–Crippen LogP) is -1.90. The molecule has 0 unspecified atom stereocenters. The molecule has 0 aromatic heterocycles. The Bertz CT molecular complexity index is 17.7. The summed E-state index contributed by atoms with van der Waals surface area (Å²) >= 11 is 0. The summed E-state index contributed by atoms with van der Waals surface area (Å²) in [4.78, 5) is 0. The maximum atomic E-state index is 8.93. The molecule has 0 spiro atoms. The van der Waals surface area contributed by atoms with Gasteiger partial charge in [0.05, 0.1) is 0 Å². The second-order valence-corrected chi connectivity index (χ2v) is 0.866. The molecule has 0 radical (unpaired) electrons. The zero-order valence-corrected chi connectivity index (χ0v) is 8.73. The second kappa shape index (κ2) is 53.1. The Morgan fingerprint density at radius 1 is 0.700 bits per heavy atom. The van der Waals surface area contributed by atoms with E-state index >= 15 is 0 Å². The zero-order valence-electron chi connectivity index (χ0n) is 6.92. The molecule has 0 saturated carbocycles. The maximum Gasteiger partial charge on any atom is 3.00 e. The molecule has 0 amide bonds. The van der Waals surface area contributed by atoms with Crippen molar-refractivity contribution in [3.63, 3.8) is 0 Å². The number of hydrogen-bond acceptors (Lipinski definition) is 3. The number of rotatable bonds is 0. The molecular formula is C6H15O3Sc. The van der Waals surface area contributed by atoms with Gasteiger partial charge < -0.3 is 15.3 Å². The van der Waals surface area contributed by atoms with E-state index in [1.807, 2.05) is 0 Å². The molecule has 60 valence electrons. The first-order valence-electron chi connectivity index (χ1n) is 2.99. The Kier molecular flexibility index (Phi) is 119. The van der Waals surface area contributed by atoms with Crippen molar-refractivity contribution >= 4 is 0 Å². The van der Waals surface area contributed by atoms with Gasteiger partial charge in [0.2, 0.25) is 0 Å². The summed E-state index contributed by atoms with van der Waals surface area (Å²) in [5.41, 5.74) is 0. The molecule has 4 heteroatoms. The van der Waals surface area contributed by atoms with Crippen LogP contribution in [0.2, 0.25) is 0 Å². The third-order valence-electron chi connectivity index (χ3n) is 0. The Morgan fingerprint density at radius 2 is 0.700 bits per heavy atom. The van der Waals surface area contributed by atoms with Gasteiger partial charge in [-0.3, -0.25) is 0 Å². The van der Waals surface area contributed by atoms with Crippen molar-refractivity contribution in [3.8, 4) is 0 Å². The predicted molar refractivity (Wildman–Crippen MR) is 31.6 cm³/mol. The Hall–Kier alpha value is 0.750. The summed E-state index contributed by atoms with van der Waals surface area (Å²) in [6.07, 6.45) is 0. The van der Waals surface area contributed by atoms with Crippen LogP contribution in [0.3, 0.4) is 0 Å². The van der Waals surface area contributed by atoms with E-state index in [1.54, 1.807) is 20.8 Å². The van der Waals surface area contributed by atoms with Crippen molar-refractivity contribution in [3.05, 3.63) is 0 Å². The minimum Gasteiger partial charge on any atom is -0.855 e. The van der Waals surface area contributed by atoms with Crippen LogP contribution < -0.4 is 15.3 Å². The zero-order chi connectivity index (χ0) is 8.12. The molecule has 0 aliphatic heterocycles. The van der Waals surface area contributed by atoms with E-state index in [4.69, 9.17) is 15.3 Å². The molecule has 0 aliphatic carbocycles. The Balaban J connectivity index is -0.0000000257. The second-order valence-electron chi connectivity index (χ2n) is 0.866. The van der Waals surface area contributed by atoms with Gasteiger partial charge in [0.25, 0.3) is 0 Å². The van der Waals surface area contributed by atoms with Crippen LogP contribution in [0.5, 0.6) is 0 Å². The van der Waals surface area contributed by atoms with Gasteiger partial charge >= 0.3 is 25.8 Å². The standard InChI is InChI=1S/3C2H5O.Sc/c3*1-2-3;/h3*2H2,1H3;/q3*-1;+3. The van der Waals surface area contributed by atoms with E-state index in [9.17, 15) is 0 Å². The molecule has 0 aromatic carbocycles. The van der Waals surface area contributed by atoms with Crippen LogP contribution in [0.25, 0.3) is 0 Å². The third-order valence-corrected chi connectivity index (χ3v) is 0. The van der Waals surface area contributed by atoms with Gasteiger partial charge in [-0.25, -0.2) is 0 Å². The molecule has 0 heterocycles. The van der Waals surface area contributed by atoms with Gasteiger partial charge in [-0.2, -0.15) is 0 Å². The molecule has 0 N–H and O–H groups in total. The van der Waals surface area contributed by atoms with E-state index < -0.39 is 0 Å². The fourth-order valence-corrected chi connectivity index (χ4v) is 0. The van der Waals surface area contributed by atoms with Crippen molar-refractivity contribution in [1.29, 1.82) is 0 Å². The van der Waals surface area contributed by atoms with Crippen molar-refractivity contribution < 1.29 is 41.2 Å². The van der Waals surface area contributed by atoms with E-state index in [2.05, 4.69) is 0 Å². The average Bonchev–Trinajstić information content (AvgIpc) is 1.70. The topological polar surface area (TPSA) is 69.2 Å². The molecular weight excluding hydrogens is 165 g/mol. The van der Waals surface area contributed by atoms with Gasteiger partial charge in [0.15, 0.2) is 0 Å². The van der Waals surface area contributed by atoms with Crippen LogP contribution in [-0.2, 0) is 25.8 Å². The molecule has 0 bridgehead atoms. The first-order valence-corrected chi connectivity index (χ1v) is 2.99. The molecule has 0 atom stereocenters. The van der Waals surface area contributed by atoms with Crippen molar-refractivity contribution in [1.82, 2.24) is 0 Å². The molecule has 10 heavy (non-hydrogen) atoms. The smallest absolute Gasteiger partial charge is 0.855 e. The van der Waals surface area contributed by atoms with E-state index in [0.717, 1.165) is 0 Å². The van der Waals surface area contributed by atoms with E-state index in [0.29, 0.717) is 0 Å². The number of hydrogen-bond donors (Lipinski definition) is 0. The SMILES string of the molecule is CC[O-].CC[O-].CC[O-].[Sc+3]. The summed E-state index contributed by atoms with van der Waals surface area (Å²) in [5, 5.41) is 26.8. The Morgan fingerprint density at radius 3 is 0.700 bits per heavy atom. The molecule has 0 fully saturated rings. The fraction of sp³-hybridized carbons (Fsp3) is 1.00. The Labute approximate surface area is 81.9 Å². The van der Waals surface area contributed by atoms with Crippen molar-refractivity contribution in [2.75, 3.05) is 19.8 Å². The first-order chi connectivity index (χ1) is 4.24. The maximum absolute atomic E-state index is 8.93. The third kappa shape index (κ3) is 934. The van der Waals surface area contributed by atoms with Gasteiger partial charge in [0.1, 0.15) is 0 Å². The largest absolute Gasteiger partial charge is 3.00 e. The van der Waals surface area contributed by atoms with Gasteiger partial charge in [-0.05, 0) is 0 Å². The molecule has 0 rings (SSSR count). The van der Waals surface area contributed by atoms with Crippen molar-refractivity contribution in [2.45, 2.75) is 20.8 Å². The van der Waals surface area contributed by atoms with Crippen LogP contribution in [0.4, 0.5) is 0 Å². The normalized spacial score (nSPS) is 5.40. The fourth-order valence-electron chi connectivity index (χ4n) is 0. The van der Waals surface area contributed by atoms with E-state index in [1.165, 1.54) is 0 Å². The summed E-state index contributed by atoms with van der Waals surface area (Å²) in [7, 11) is 0. The van der Waals surface area contributed by atoms with Crippen LogP contribution in [0, 0.1) is 0 Å². The van der Waals surface area contributed by atoms with E-state index in [-0.39, 0.29) is 45.7 Å². The summed E-state index contributed by atoms with van der Waals surface area (Å²) < 4.78 is 0. The van der Waals surface area contributed by atoms with Gasteiger partial charge in [-0.1, -0.05) is 20.8 Å². The molecule has 3 nitrogen and oxygen atoms in total. The summed E-state index contributed by atoms with van der Waals surface area (Å²) in [6, 6.07) is 0. The summed E-state index contributed by atoms with van der Waals surface area (Å²) in [6.45, 7) is 4.71. The van der Waals surface area contributed by atoms with Crippen LogP contribution in [-0.4, -0.2) is 19.8 Å². The van der Waals surface area contributed by atoms with Crippen LogP contribution in [0.1, 0.15) is 20.8 Å². The minimum absolute atomic E-state index is 0. The minimum atomic E-state index is 0. The van der Waals surface area contributed by atoms with Crippen LogP contribution >= 0.6 is 0 Å². The first kappa shape index (κ1) is 22.4. The van der Waals surface area contributed by atoms with Crippen LogP contribution in [0.15, 0.2) is 0 Å². The van der Waals surface area contributed by atoms with Gasteiger partial charge in [-0.15, -0.1) is 19.8 Å². The molecule has 0 saturated heterocycles. The van der Waals surface area contributed by atoms with Gasteiger partial charge in [0, 0.05) is 0 Å².